The van der Waals surface area contributed by atoms with Gasteiger partial charge in [-0.3, -0.25) is 0 Å². The number of carboxylic acid groups (broad SMARTS) is 1. The molecule has 1 heterocycles. The number of nitrogens with two attached hydrogens (primary N) is 2. The lowest BCUT2D eigenvalue weighted by Gasteiger charge is -2.10. The maximum atomic E-state index is 11.1. The Morgan fingerprint density at radius 2 is 2.00 bits per heavy atom. The number of nitrogens with one attached hydrogen (secondary N) is 1. The van der Waals surface area contributed by atoms with Crippen LogP contribution in [0.4, 0.5) is 23.3 Å². The molecule has 1 aromatic carbocycles. The molecule has 0 aliphatic carbocycles. The maximum Gasteiger partial charge on any atom is 0.337 e. The first-order valence-corrected chi connectivity index (χ1v) is 5.53. The fourth-order valence-electron chi connectivity index (χ4n) is 1.49. The molecule has 0 atom stereocenters. The van der Waals surface area contributed by atoms with Crippen LogP contribution in [0.1, 0.15) is 10.4 Å². The van der Waals surface area contributed by atoms with Crippen molar-refractivity contribution in [3.05, 3.63) is 34.9 Å². The van der Waals surface area contributed by atoms with E-state index in [1.165, 1.54) is 24.3 Å². The van der Waals surface area contributed by atoms with Gasteiger partial charge in [0, 0.05) is 11.1 Å². The van der Waals surface area contributed by atoms with E-state index >= 15 is 0 Å². The Hall–Kier alpha value is -2.54. The molecule has 6 N–H and O–H groups in total. The fraction of sp³-hybridized carbons (Fsp3) is 0. The molecule has 7 nitrogen and oxygen atoms in total. The zero-order valence-corrected chi connectivity index (χ0v) is 10.3. The third-order valence-corrected chi connectivity index (χ3v) is 2.47. The average Bonchev–Trinajstić information content (AvgIpc) is 2.26. The van der Waals surface area contributed by atoms with Crippen molar-refractivity contribution in [2.24, 2.45) is 0 Å². The normalized spacial score (nSPS) is 10.2. The van der Waals surface area contributed by atoms with Crippen molar-refractivity contribution in [3.8, 4) is 0 Å². The number of aromatic carboxylic acids is 1. The van der Waals surface area contributed by atoms with E-state index in [0.29, 0.717) is 5.02 Å². The molecular weight excluding hydrogens is 270 g/mol. The predicted molar refractivity (Wildman–Crippen MR) is 72.6 cm³/mol. The Kier molecular flexibility index (Phi) is 3.39. The van der Waals surface area contributed by atoms with E-state index in [4.69, 9.17) is 28.2 Å². The molecular formula is C11H10ClN5O2. The number of hydrogen-bond acceptors (Lipinski definition) is 6. The van der Waals surface area contributed by atoms with Crippen molar-refractivity contribution in [2.45, 2.75) is 0 Å². The number of nitrogen functional groups attached to an aromatic ring is 2. The summed E-state index contributed by atoms with van der Waals surface area (Å²) >= 11 is 5.84. The lowest BCUT2D eigenvalue weighted by Crippen LogP contribution is -2.06. The Morgan fingerprint density at radius 1 is 1.26 bits per heavy atom. The zero-order chi connectivity index (χ0) is 14.0. The molecule has 2 rings (SSSR count). The third-order valence-electron chi connectivity index (χ3n) is 2.24. The van der Waals surface area contributed by atoms with E-state index in [2.05, 4.69) is 15.3 Å². The molecule has 0 saturated carbocycles. The lowest BCUT2D eigenvalue weighted by atomic mass is 10.2. The minimum absolute atomic E-state index is 0.0126. The van der Waals surface area contributed by atoms with E-state index in [1.54, 1.807) is 0 Å². The summed E-state index contributed by atoms with van der Waals surface area (Å²) in [6, 6.07) is 5.78. The van der Waals surface area contributed by atoms with Gasteiger partial charge in [0.2, 0.25) is 5.95 Å². The highest BCUT2D eigenvalue weighted by Gasteiger charge is 2.11. The van der Waals surface area contributed by atoms with Crippen LogP contribution in [-0.4, -0.2) is 21.0 Å². The summed E-state index contributed by atoms with van der Waals surface area (Å²) in [6.45, 7) is 0. The van der Waals surface area contributed by atoms with Gasteiger partial charge >= 0.3 is 5.97 Å². The van der Waals surface area contributed by atoms with Gasteiger partial charge in [0.05, 0.1) is 11.3 Å². The third kappa shape index (κ3) is 3.02. The molecule has 0 saturated heterocycles. The molecule has 1 aromatic heterocycles. The van der Waals surface area contributed by atoms with Crippen LogP contribution in [0.15, 0.2) is 24.3 Å². The van der Waals surface area contributed by atoms with Crippen LogP contribution >= 0.6 is 11.6 Å². The van der Waals surface area contributed by atoms with E-state index in [1.807, 2.05) is 0 Å². The van der Waals surface area contributed by atoms with E-state index < -0.39 is 5.97 Å². The topological polar surface area (TPSA) is 127 Å². The standard InChI is InChI=1S/C11H10ClN5O2/c12-5-1-2-6(10(18)19)7(3-5)15-9-4-8(13)16-11(14)17-9/h1-4H,(H,18,19)(H5,13,14,15,16,17). The Balaban J connectivity index is 2.42. The number of rotatable bonds is 3. The van der Waals surface area contributed by atoms with Gasteiger partial charge in [-0.2, -0.15) is 9.97 Å². The van der Waals surface area contributed by atoms with Crippen LogP contribution in [-0.2, 0) is 0 Å². The zero-order valence-electron chi connectivity index (χ0n) is 9.59. The molecule has 2 aromatic rings. The monoisotopic (exact) mass is 279 g/mol. The fourth-order valence-corrected chi connectivity index (χ4v) is 1.67. The van der Waals surface area contributed by atoms with Crippen molar-refractivity contribution >= 4 is 40.8 Å². The first kappa shape index (κ1) is 12.9. The summed E-state index contributed by atoms with van der Waals surface area (Å²) in [5, 5.41) is 12.3. The smallest absolute Gasteiger partial charge is 0.337 e. The molecule has 0 aliphatic rings. The van der Waals surface area contributed by atoms with Gasteiger partial charge in [-0.25, -0.2) is 4.79 Å². The van der Waals surface area contributed by atoms with Crippen molar-refractivity contribution in [3.63, 3.8) is 0 Å². The first-order chi connectivity index (χ1) is 8.95. The predicted octanol–water partition coefficient (Wildman–Crippen LogP) is 1.74. The van der Waals surface area contributed by atoms with Gasteiger partial charge in [0.1, 0.15) is 11.6 Å². The number of hydrogen-bond donors (Lipinski definition) is 4. The number of anilines is 4. The second kappa shape index (κ2) is 4.99. The van der Waals surface area contributed by atoms with E-state index in [0.717, 1.165) is 0 Å². The summed E-state index contributed by atoms with van der Waals surface area (Å²) in [4.78, 5) is 18.7. The van der Waals surface area contributed by atoms with Crippen LogP contribution < -0.4 is 16.8 Å². The molecule has 0 amide bonds. The number of aromatic nitrogens is 2. The molecule has 98 valence electrons. The Bertz CT molecular complexity index is 627. The van der Waals surface area contributed by atoms with Crippen molar-refractivity contribution < 1.29 is 9.90 Å². The minimum Gasteiger partial charge on any atom is -0.478 e. The van der Waals surface area contributed by atoms with E-state index in [-0.39, 0.29) is 28.8 Å². The summed E-state index contributed by atoms with van der Waals surface area (Å²) < 4.78 is 0. The van der Waals surface area contributed by atoms with Gasteiger partial charge in [0.15, 0.2) is 0 Å². The molecule has 19 heavy (non-hydrogen) atoms. The van der Waals surface area contributed by atoms with Gasteiger partial charge in [-0.1, -0.05) is 11.6 Å². The van der Waals surface area contributed by atoms with Gasteiger partial charge in [-0.05, 0) is 18.2 Å². The second-order valence-corrected chi connectivity index (χ2v) is 4.09. The van der Waals surface area contributed by atoms with Crippen LogP contribution in [0, 0.1) is 0 Å². The largest absolute Gasteiger partial charge is 0.478 e. The molecule has 0 aliphatic heterocycles. The molecule has 0 spiro atoms. The van der Waals surface area contributed by atoms with Gasteiger partial charge < -0.3 is 21.9 Å². The van der Waals surface area contributed by atoms with Gasteiger partial charge in [0.25, 0.3) is 0 Å². The van der Waals surface area contributed by atoms with Crippen LogP contribution in [0.2, 0.25) is 5.02 Å². The highest BCUT2D eigenvalue weighted by Crippen LogP contribution is 2.24. The van der Waals surface area contributed by atoms with Gasteiger partial charge in [-0.15, -0.1) is 0 Å². The van der Waals surface area contributed by atoms with Crippen molar-refractivity contribution in [1.29, 1.82) is 0 Å². The Labute approximate surface area is 113 Å². The van der Waals surface area contributed by atoms with E-state index in [9.17, 15) is 4.79 Å². The molecule has 0 fully saturated rings. The maximum absolute atomic E-state index is 11.1. The van der Waals surface area contributed by atoms with Crippen LogP contribution in [0.3, 0.4) is 0 Å². The quantitative estimate of drug-likeness (QED) is 0.673. The highest BCUT2D eigenvalue weighted by atomic mass is 35.5. The number of carbonyl (C=O) groups is 1. The number of benzene rings is 1. The number of carboxylic acids is 1. The SMILES string of the molecule is Nc1cc(Nc2cc(Cl)ccc2C(=O)O)nc(N)n1. The van der Waals surface area contributed by atoms with Crippen molar-refractivity contribution in [2.75, 3.05) is 16.8 Å². The molecule has 0 unspecified atom stereocenters. The Morgan fingerprint density at radius 3 is 2.63 bits per heavy atom. The average molecular weight is 280 g/mol. The lowest BCUT2D eigenvalue weighted by molar-refractivity contribution is 0.0698. The van der Waals surface area contributed by atoms with Crippen LogP contribution in [0.25, 0.3) is 0 Å². The summed E-state index contributed by atoms with van der Waals surface area (Å²) in [5.41, 5.74) is 11.3. The molecule has 0 radical (unpaired) electrons. The van der Waals surface area contributed by atoms with Crippen LogP contribution in [0.5, 0.6) is 0 Å². The summed E-state index contributed by atoms with van der Waals surface area (Å²) in [6.07, 6.45) is 0. The number of halogens is 1. The van der Waals surface area contributed by atoms with Crippen molar-refractivity contribution in [1.82, 2.24) is 9.97 Å². The molecule has 8 heteroatoms. The highest BCUT2D eigenvalue weighted by molar-refractivity contribution is 6.31. The summed E-state index contributed by atoms with van der Waals surface area (Å²) in [7, 11) is 0. The molecule has 0 bridgehead atoms. The minimum atomic E-state index is -1.09. The first-order valence-electron chi connectivity index (χ1n) is 5.15. The summed E-state index contributed by atoms with van der Waals surface area (Å²) in [5.74, 6) is -0.640. The number of nitrogens with zero attached hydrogens (tertiary/aromatic N) is 2. The second-order valence-electron chi connectivity index (χ2n) is 3.66.